The smallest absolute Gasteiger partial charge is 0.303 e. The van der Waals surface area contributed by atoms with Crippen LogP contribution in [-0.4, -0.2) is 68.6 Å². The van der Waals surface area contributed by atoms with Crippen LogP contribution in [0.1, 0.15) is 64.2 Å². The van der Waals surface area contributed by atoms with Crippen molar-refractivity contribution in [3.05, 3.63) is 54.3 Å². The van der Waals surface area contributed by atoms with Crippen LogP contribution >= 0.6 is 0 Å². The average Bonchev–Trinajstić information content (AvgIpc) is 3.30. The first kappa shape index (κ1) is 32.0. The fraction of sp³-hybridized carbons (Fsp3) is 0.606. The van der Waals surface area contributed by atoms with Crippen LogP contribution in [0.3, 0.4) is 0 Å². The van der Waals surface area contributed by atoms with Crippen molar-refractivity contribution in [3.63, 3.8) is 0 Å². The van der Waals surface area contributed by atoms with Crippen molar-refractivity contribution in [2.75, 3.05) is 26.9 Å². The van der Waals surface area contributed by atoms with E-state index in [9.17, 15) is 9.59 Å². The van der Waals surface area contributed by atoms with Crippen LogP contribution in [0.5, 0.6) is 11.5 Å². The molecule has 230 valence electrons. The van der Waals surface area contributed by atoms with Gasteiger partial charge in [-0.25, -0.2) is 0 Å². The second-order valence-corrected chi connectivity index (χ2v) is 10.9. The Labute approximate surface area is 248 Å². The van der Waals surface area contributed by atoms with Gasteiger partial charge in [0.15, 0.2) is 12.6 Å². The Morgan fingerprint density at radius 1 is 1.05 bits per heavy atom. The van der Waals surface area contributed by atoms with Gasteiger partial charge in [0.25, 0.3) is 0 Å². The molecule has 2 saturated heterocycles. The molecule has 2 aliphatic heterocycles. The Hall–Kier alpha value is -2.94. The molecule has 0 amide bonds. The third kappa shape index (κ3) is 10.4. The van der Waals surface area contributed by atoms with Gasteiger partial charge < -0.3 is 33.5 Å². The highest BCUT2D eigenvalue weighted by Gasteiger charge is 2.42. The first-order valence-corrected chi connectivity index (χ1v) is 15.1. The van der Waals surface area contributed by atoms with Crippen molar-refractivity contribution < 1.29 is 43.1 Å². The van der Waals surface area contributed by atoms with E-state index >= 15 is 0 Å². The summed E-state index contributed by atoms with van der Waals surface area (Å²) in [5.41, 5.74) is 3.05. The van der Waals surface area contributed by atoms with Gasteiger partial charge in [0.1, 0.15) is 30.0 Å². The van der Waals surface area contributed by atoms with Crippen LogP contribution in [0.15, 0.2) is 54.3 Å². The minimum absolute atomic E-state index is 0.0521. The molecule has 6 atom stereocenters. The van der Waals surface area contributed by atoms with E-state index in [0.29, 0.717) is 38.2 Å². The number of carbonyl (C=O) groups is 2. The lowest BCUT2D eigenvalue weighted by atomic mass is 9.90. The van der Waals surface area contributed by atoms with E-state index in [1.165, 1.54) is 0 Å². The number of rotatable bonds is 15. The first-order valence-electron chi connectivity index (χ1n) is 15.1. The van der Waals surface area contributed by atoms with Crippen molar-refractivity contribution in [2.24, 2.45) is 11.8 Å². The summed E-state index contributed by atoms with van der Waals surface area (Å²) in [7, 11) is 1.62. The molecule has 3 fully saturated rings. The Morgan fingerprint density at radius 3 is 2.43 bits per heavy atom. The number of carboxylic acid groups (broad SMARTS) is 1. The minimum Gasteiger partial charge on any atom is -0.497 e. The molecule has 1 saturated carbocycles. The van der Waals surface area contributed by atoms with Crippen molar-refractivity contribution in [2.45, 2.75) is 89.0 Å². The van der Waals surface area contributed by atoms with E-state index in [2.05, 4.69) is 5.73 Å². The monoisotopic (exact) mass is 584 g/mol. The number of carboxylic acids is 1. The Morgan fingerprint density at radius 2 is 1.76 bits per heavy atom. The lowest BCUT2D eigenvalue weighted by Crippen LogP contribution is -2.32. The van der Waals surface area contributed by atoms with E-state index in [4.69, 9.17) is 33.5 Å². The van der Waals surface area contributed by atoms with Gasteiger partial charge in [0.2, 0.25) is 0 Å². The number of hydrogen-bond donors (Lipinski definition) is 1. The van der Waals surface area contributed by atoms with Crippen molar-refractivity contribution in [1.82, 2.24) is 0 Å². The second kappa shape index (κ2) is 17.2. The minimum atomic E-state index is -0.847. The maximum atomic E-state index is 13.2. The normalized spacial score (nSPS) is 26.9. The van der Waals surface area contributed by atoms with Gasteiger partial charge in [0.05, 0.1) is 13.2 Å². The predicted molar refractivity (Wildman–Crippen MR) is 155 cm³/mol. The van der Waals surface area contributed by atoms with Crippen LogP contribution in [0.25, 0.3) is 0 Å². The zero-order valence-electron chi connectivity index (χ0n) is 24.5. The summed E-state index contributed by atoms with van der Waals surface area (Å²) in [6, 6.07) is 7.40. The SMILES string of the molecule is COc1ccc(OCC(/C=C/[C@H]2C(OC3CCCCO3)CC(=O)[C@@H]2CC=C=CCCC(=O)O)OC2CCCCO2)cc1. The first-order chi connectivity index (χ1) is 20.5. The maximum absolute atomic E-state index is 13.2. The molecule has 0 bridgehead atoms. The fourth-order valence-corrected chi connectivity index (χ4v) is 5.47. The van der Waals surface area contributed by atoms with Crippen molar-refractivity contribution >= 4 is 11.8 Å². The standard InChI is InChI=1S/C33H44O9/c1-37-24-14-16-25(17-15-24)40-23-26(41-32-12-6-8-20-38-32)18-19-28-27(10-4-2-3-5-11-31(35)36)29(34)22-30(28)42-33-13-7-9-21-39-33/h3-4,14-19,26-28,30,32-33H,5-13,20-23H2,1H3,(H,35,36)/b19-18+/t2?,26?,27-,28-,30?,32?,33?/m1/s1. The van der Waals surface area contributed by atoms with Crippen LogP contribution < -0.4 is 9.47 Å². The topological polar surface area (TPSA) is 110 Å². The highest BCUT2D eigenvalue weighted by atomic mass is 16.7. The molecule has 2 heterocycles. The summed E-state index contributed by atoms with van der Waals surface area (Å²) < 4.78 is 35.7. The molecular weight excluding hydrogens is 540 g/mol. The lowest BCUT2D eigenvalue weighted by Gasteiger charge is -2.29. The van der Waals surface area contributed by atoms with E-state index in [-0.39, 0.29) is 49.3 Å². The molecular formula is C33H44O9. The average molecular weight is 585 g/mol. The van der Waals surface area contributed by atoms with Crippen molar-refractivity contribution in [1.29, 1.82) is 0 Å². The van der Waals surface area contributed by atoms with Gasteiger partial charge in [-0.15, -0.1) is 5.73 Å². The van der Waals surface area contributed by atoms with Gasteiger partial charge in [-0.3, -0.25) is 9.59 Å². The molecule has 1 N–H and O–H groups in total. The number of ether oxygens (including phenoxy) is 6. The van der Waals surface area contributed by atoms with Gasteiger partial charge in [-0.2, -0.15) is 0 Å². The van der Waals surface area contributed by atoms with Crippen molar-refractivity contribution in [3.8, 4) is 11.5 Å². The molecule has 1 aliphatic carbocycles. The third-order valence-corrected chi connectivity index (χ3v) is 7.77. The molecule has 1 aromatic rings. The predicted octanol–water partition coefficient (Wildman–Crippen LogP) is 5.63. The molecule has 0 aromatic heterocycles. The summed E-state index contributed by atoms with van der Waals surface area (Å²) in [6.45, 7) is 1.61. The number of benzene rings is 1. The molecule has 9 heteroatoms. The molecule has 4 unspecified atom stereocenters. The number of carbonyl (C=O) groups excluding carboxylic acids is 1. The number of aliphatic carboxylic acids is 1. The summed E-state index contributed by atoms with van der Waals surface area (Å²) in [5.74, 6) is 0.272. The van der Waals surface area contributed by atoms with Gasteiger partial charge in [-0.1, -0.05) is 12.2 Å². The molecule has 0 radical (unpaired) electrons. The zero-order valence-corrected chi connectivity index (χ0v) is 24.5. The molecule has 4 rings (SSSR count). The van der Waals surface area contributed by atoms with Crippen LogP contribution in [0.2, 0.25) is 0 Å². The quantitative estimate of drug-likeness (QED) is 0.207. The molecule has 1 aromatic carbocycles. The Kier molecular flexibility index (Phi) is 13.1. The third-order valence-electron chi connectivity index (χ3n) is 7.77. The Bertz CT molecular complexity index is 1060. The van der Waals surface area contributed by atoms with Gasteiger partial charge in [0, 0.05) is 37.9 Å². The van der Waals surface area contributed by atoms with Gasteiger partial charge >= 0.3 is 5.97 Å². The van der Waals surface area contributed by atoms with E-state index in [1.54, 1.807) is 13.2 Å². The summed E-state index contributed by atoms with van der Waals surface area (Å²) in [4.78, 5) is 24.0. The zero-order chi connectivity index (χ0) is 29.6. The number of allylic oxidation sites excluding steroid dienone is 1. The maximum Gasteiger partial charge on any atom is 0.303 e. The lowest BCUT2D eigenvalue weighted by molar-refractivity contribution is -0.192. The summed E-state index contributed by atoms with van der Waals surface area (Å²) >= 11 is 0. The highest BCUT2D eigenvalue weighted by molar-refractivity contribution is 5.85. The summed E-state index contributed by atoms with van der Waals surface area (Å²) in [5, 5.41) is 8.84. The number of hydrogen-bond acceptors (Lipinski definition) is 8. The second-order valence-electron chi connectivity index (χ2n) is 10.9. The van der Waals surface area contributed by atoms with Crippen LogP contribution in [0, 0.1) is 11.8 Å². The van der Waals surface area contributed by atoms with E-state index in [1.807, 2.05) is 42.5 Å². The number of Topliss-reactive ketones (excluding diaryl/α,β-unsaturated/α-hetero) is 1. The van der Waals surface area contributed by atoms with Crippen LogP contribution in [-0.2, 0) is 28.5 Å². The Balaban J connectivity index is 1.48. The van der Waals surface area contributed by atoms with E-state index < -0.39 is 12.1 Å². The highest BCUT2D eigenvalue weighted by Crippen LogP contribution is 2.37. The molecule has 0 spiro atoms. The van der Waals surface area contributed by atoms with Crippen LogP contribution in [0.4, 0.5) is 0 Å². The number of ketones is 1. The largest absolute Gasteiger partial charge is 0.497 e. The number of methoxy groups -OCH3 is 1. The van der Waals surface area contributed by atoms with Gasteiger partial charge in [-0.05, 0) is 87.8 Å². The summed E-state index contributed by atoms with van der Waals surface area (Å²) in [6.07, 6.45) is 13.2. The molecule has 9 nitrogen and oxygen atoms in total. The molecule has 3 aliphatic rings. The molecule has 42 heavy (non-hydrogen) atoms. The fourth-order valence-electron chi connectivity index (χ4n) is 5.47. The van der Waals surface area contributed by atoms with E-state index in [0.717, 1.165) is 44.3 Å².